The molecule has 0 unspecified atom stereocenters. The Labute approximate surface area is 361 Å². The maximum Gasteiger partial charge on any atom is 0.460 e. The average molecular weight is 1100 g/mol. The van der Waals surface area contributed by atoms with Crippen LogP contribution in [0.15, 0.2) is 46.4 Å². The van der Waals surface area contributed by atoms with Crippen LogP contribution in [0.25, 0.3) is 0 Å². The van der Waals surface area contributed by atoms with Gasteiger partial charge in [0.2, 0.25) is 0 Å². The van der Waals surface area contributed by atoms with Crippen molar-refractivity contribution in [3.63, 3.8) is 0 Å². The number of carbonyl (C=O) groups excluding carboxylic acids is 4. The van der Waals surface area contributed by atoms with E-state index >= 15 is 0 Å². The number of ether oxygens (including phenoxy) is 4. The van der Waals surface area contributed by atoms with E-state index in [4.69, 9.17) is 46.4 Å². The summed E-state index contributed by atoms with van der Waals surface area (Å²) in [4.78, 5) is 41.7. The Morgan fingerprint density at radius 1 is 0.400 bits per heavy atom. The quantitative estimate of drug-likeness (QED) is 0.0691. The monoisotopic (exact) mass is 1100 g/mol. The van der Waals surface area contributed by atoms with Crippen molar-refractivity contribution in [3.8, 4) is 0 Å². The van der Waals surface area contributed by atoms with Gasteiger partial charge in [0.05, 0.1) is 0 Å². The molecule has 0 rings (SSSR count). The predicted octanol–water partition coefficient (Wildman–Crippen LogP) is 11.8. The molecule has 0 aliphatic heterocycles. The Hall–Kier alpha value is -3.82. The molecule has 0 bridgehead atoms. The van der Waals surface area contributed by atoms with Crippen molar-refractivity contribution in [2.45, 2.75) is 72.8 Å². The fourth-order valence-corrected chi connectivity index (χ4v) is 2.25. The zero-order valence-electron chi connectivity index (χ0n) is 29.7. The maximum absolute atomic E-state index is 12.8. The van der Waals surface area contributed by atoms with E-state index in [2.05, 4.69) is 45.3 Å². The molecular weight excluding hydrogens is 1090 g/mol. The van der Waals surface area contributed by atoms with Crippen LogP contribution in [0, 0.1) is 0 Å². The number of hydrogen-bond acceptors (Lipinski definition) is 8. The Bertz CT molecular complexity index is 1670. The number of halogens is 30. The van der Waals surface area contributed by atoms with Gasteiger partial charge in [0.25, 0.3) is 6.10 Å². The zero-order valence-corrected chi connectivity index (χ0v) is 32.7. The highest BCUT2D eigenvalue weighted by Gasteiger charge is 2.76. The summed E-state index contributed by atoms with van der Waals surface area (Å²) < 4.78 is 326. The van der Waals surface area contributed by atoms with E-state index in [1.165, 1.54) is 0 Å². The molecule has 0 heterocycles. The lowest BCUT2D eigenvalue weighted by atomic mass is 10.1. The summed E-state index contributed by atoms with van der Waals surface area (Å²) in [7, 11) is 0. The lowest BCUT2D eigenvalue weighted by Gasteiger charge is -2.31. The molecule has 65 heavy (non-hydrogen) atoms. The second-order valence-electron chi connectivity index (χ2n) is 10.4. The van der Waals surface area contributed by atoms with Gasteiger partial charge in [-0.3, -0.25) is 0 Å². The first-order valence-corrected chi connectivity index (χ1v) is 15.6. The number of hydrogen-bond donors (Lipinski definition) is 0. The van der Waals surface area contributed by atoms with E-state index in [0.29, 0.717) is 0 Å². The molecule has 0 fully saturated rings. The van der Waals surface area contributed by atoms with Gasteiger partial charge < -0.3 is 18.9 Å². The zero-order chi connectivity index (χ0) is 53.7. The first-order chi connectivity index (χ1) is 28.1. The number of carbonyl (C=O) groups is 4. The molecule has 0 atom stereocenters. The largest absolute Gasteiger partial charge is 0.460 e. The predicted molar refractivity (Wildman–Crippen MR) is 163 cm³/mol. The number of alkyl halides is 26. The standard InChI is InChI=1S/C8H5ClF8O2.C7H4ClF7O2.C6H3ClF6O2.C6H4ClF5O2/c1-3(9)4(18)19-2-6(12,13)8(16,17)7(14,15)5(10)11;1-3(8)4(16)17-2-5(9,10)6(11,12)7(13,14)15;1-2(7)3(14)15-4(5(8,9)10)6(11,12)13;1-3(7)4(13)14-2-5(8,9)6(10,11)12/h5H,1-2H2;1-2H2;4H,1H2;1-2H2. The lowest BCUT2D eigenvalue weighted by Crippen LogP contribution is -2.59. The summed E-state index contributed by atoms with van der Waals surface area (Å²) in [6.07, 6.45) is -33.0. The molecule has 0 spiro atoms. The topological polar surface area (TPSA) is 105 Å². The molecule has 8 nitrogen and oxygen atoms in total. The summed E-state index contributed by atoms with van der Waals surface area (Å²) in [5, 5.41) is -3.77. The van der Waals surface area contributed by atoms with Crippen LogP contribution in [0.2, 0.25) is 0 Å². The molecule has 38 heteroatoms. The highest BCUT2D eigenvalue weighted by molar-refractivity contribution is 6.41. The molecule has 0 saturated carbocycles. The van der Waals surface area contributed by atoms with Crippen LogP contribution in [-0.4, -0.2) is 116 Å². The fourth-order valence-electron chi connectivity index (χ4n) is 2.05. The minimum Gasteiger partial charge on any atom is -0.455 e. The Kier molecular flexibility index (Phi) is 25.3. The first kappa shape index (κ1) is 67.8. The molecular formula is C27H16Cl4F26O8. The fraction of sp³-hybridized carbons (Fsp3) is 0.556. The summed E-state index contributed by atoms with van der Waals surface area (Å²) in [6.45, 7) is 3.66. The Morgan fingerprint density at radius 2 is 0.646 bits per heavy atom. The van der Waals surface area contributed by atoms with E-state index < -0.39 is 137 Å². The smallest absolute Gasteiger partial charge is 0.455 e. The van der Waals surface area contributed by atoms with Gasteiger partial charge in [0.1, 0.15) is 20.1 Å². The van der Waals surface area contributed by atoms with E-state index in [1.54, 1.807) is 0 Å². The highest BCUT2D eigenvalue weighted by Crippen LogP contribution is 2.49. The average Bonchev–Trinajstić information content (AvgIpc) is 3.08. The second kappa shape index (κ2) is 24.3. The third-order valence-electron chi connectivity index (χ3n) is 5.24. The van der Waals surface area contributed by atoms with Crippen LogP contribution in [-0.2, 0) is 38.1 Å². The molecule has 0 N–H and O–H groups in total. The van der Waals surface area contributed by atoms with Crippen molar-refractivity contribution in [2.75, 3.05) is 19.8 Å². The van der Waals surface area contributed by atoms with Crippen molar-refractivity contribution in [3.05, 3.63) is 46.4 Å². The van der Waals surface area contributed by atoms with Crippen molar-refractivity contribution in [1.82, 2.24) is 0 Å². The van der Waals surface area contributed by atoms with Crippen LogP contribution in [0.4, 0.5) is 114 Å². The molecule has 0 aliphatic carbocycles. The van der Waals surface area contributed by atoms with E-state index in [9.17, 15) is 133 Å². The molecule has 382 valence electrons. The van der Waals surface area contributed by atoms with Crippen LogP contribution >= 0.6 is 46.4 Å². The van der Waals surface area contributed by atoms with Gasteiger partial charge in [0.15, 0.2) is 19.8 Å². The Balaban J connectivity index is -0.000000384. The summed E-state index contributed by atoms with van der Waals surface area (Å²) >= 11 is 19.3. The molecule has 0 radical (unpaired) electrons. The summed E-state index contributed by atoms with van der Waals surface area (Å²) in [5.41, 5.74) is 0. The molecule has 0 aromatic carbocycles. The van der Waals surface area contributed by atoms with Gasteiger partial charge in [-0.25, -0.2) is 28.0 Å². The number of rotatable bonds is 15. The molecule has 0 aliphatic rings. The van der Waals surface area contributed by atoms with E-state index in [-0.39, 0.29) is 0 Å². The second-order valence-corrected chi connectivity index (χ2v) is 12.2. The third-order valence-corrected chi connectivity index (χ3v) is 5.86. The third kappa shape index (κ3) is 21.6. The van der Waals surface area contributed by atoms with E-state index in [1.807, 2.05) is 0 Å². The van der Waals surface area contributed by atoms with Gasteiger partial charge in [-0.1, -0.05) is 72.7 Å². The van der Waals surface area contributed by atoms with Crippen molar-refractivity contribution >= 4 is 70.3 Å². The van der Waals surface area contributed by atoms with Crippen LogP contribution in [0.1, 0.15) is 0 Å². The van der Waals surface area contributed by atoms with Gasteiger partial charge in [0, 0.05) is 0 Å². The maximum atomic E-state index is 12.8. The van der Waals surface area contributed by atoms with Crippen molar-refractivity contribution < 1.29 is 152 Å². The molecule has 0 aromatic rings. The normalized spacial score (nSPS) is 13.1. The molecule has 0 amide bonds. The van der Waals surface area contributed by atoms with Gasteiger partial charge in [-0.15, -0.1) is 0 Å². The lowest BCUT2D eigenvalue weighted by molar-refractivity contribution is -0.359. The van der Waals surface area contributed by atoms with Crippen molar-refractivity contribution in [1.29, 1.82) is 0 Å². The van der Waals surface area contributed by atoms with Crippen LogP contribution in [0.5, 0.6) is 0 Å². The minimum atomic E-state index is -6.47. The molecule has 0 saturated heterocycles. The minimum absolute atomic E-state index is 0.775. The SMILES string of the molecule is C=C(Cl)C(=O)OC(C(F)(F)F)C(F)(F)F.C=C(Cl)C(=O)OCC(F)(F)C(F)(F)C(F)(F)C(F)F.C=C(Cl)C(=O)OCC(F)(F)C(F)(F)C(F)(F)F.C=C(Cl)C(=O)OCC(F)(F)C(F)(F)F. The van der Waals surface area contributed by atoms with Crippen LogP contribution in [0.3, 0.4) is 0 Å². The highest BCUT2D eigenvalue weighted by atomic mass is 35.5. The Morgan fingerprint density at radius 3 is 0.846 bits per heavy atom. The van der Waals surface area contributed by atoms with E-state index in [0.717, 1.165) is 0 Å². The van der Waals surface area contributed by atoms with Gasteiger partial charge in [-0.05, 0) is 0 Å². The van der Waals surface area contributed by atoms with Crippen LogP contribution < -0.4 is 0 Å². The first-order valence-electron chi connectivity index (χ1n) is 14.1. The van der Waals surface area contributed by atoms with Gasteiger partial charge in [-0.2, -0.15) is 105 Å². The molecule has 0 aromatic heterocycles. The number of esters is 4. The van der Waals surface area contributed by atoms with Crippen molar-refractivity contribution in [2.24, 2.45) is 0 Å². The summed E-state index contributed by atoms with van der Waals surface area (Å²) in [5.74, 6) is -42.5. The van der Waals surface area contributed by atoms with Gasteiger partial charge >= 0.3 is 90.5 Å². The summed E-state index contributed by atoms with van der Waals surface area (Å²) in [6, 6.07) is 0.